The predicted molar refractivity (Wildman–Crippen MR) is 151 cm³/mol. The van der Waals surface area contributed by atoms with Gasteiger partial charge in [0, 0.05) is 50.4 Å². The third-order valence-corrected chi connectivity index (χ3v) is 10.5. The molecule has 4 aliphatic rings. The summed E-state index contributed by atoms with van der Waals surface area (Å²) >= 11 is 0. The van der Waals surface area contributed by atoms with Crippen LogP contribution in [0.5, 0.6) is 5.88 Å². The standard InChI is InChI=1S/C31H36N6O3/c1-5-35-24(10-18-6-7-25(39-3)34-27(18)35)29-33-22-9-20(30(38)36-16-21-8-19-11-23(36)26(19)21)14-32-28(22)37(29)15-17-12-31(2,13-17)40-4/h6-7,9-10,14,17,19,21,23,26H,5,8,11-13,15-16H2,1-4H3/t17?,19?,21-,23-,26-,31?/m1/s1. The summed E-state index contributed by atoms with van der Waals surface area (Å²) in [6.45, 7) is 6.73. The van der Waals surface area contributed by atoms with Gasteiger partial charge in [0.25, 0.3) is 5.91 Å². The summed E-state index contributed by atoms with van der Waals surface area (Å²) in [5.41, 5.74) is 4.03. The molecule has 4 aromatic heterocycles. The Morgan fingerprint density at radius 2 is 1.93 bits per heavy atom. The Balaban J connectivity index is 1.21. The van der Waals surface area contributed by atoms with Crippen molar-refractivity contribution in [1.82, 2.24) is 29.0 Å². The Hall–Kier alpha value is -3.46. The number of pyridine rings is 2. The fourth-order valence-corrected chi connectivity index (χ4v) is 8.30. The van der Waals surface area contributed by atoms with Crippen LogP contribution in [0.2, 0.25) is 0 Å². The Morgan fingerprint density at radius 1 is 1.07 bits per heavy atom. The Morgan fingerprint density at radius 3 is 2.65 bits per heavy atom. The van der Waals surface area contributed by atoms with E-state index in [0.717, 1.165) is 78.0 Å². The molecule has 3 saturated carbocycles. The molecular weight excluding hydrogens is 504 g/mol. The molecule has 0 N–H and O–H groups in total. The first-order chi connectivity index (χ1) is 19.4. The second kappa shape index (κ2) is 8.52. The molecule has 3 aliphatic carbocycles. The van der Waals surface area contributed by atoms with Gasteiger partial charge >= 0.3 is 0 Å². The first kappa shape index (κ1) is 24.3. The van der Waals surface area contributed by atoms with E-state index in [1.165, 1.54) is 12.8 Å². The zero-order valence-electron chi connectivity index (χ0n) is 23.6. The number of rotatable bonds is 7. The van der Waals surface area contributed by atoms with Crippen LogP contribution in [0.4, 0.5) is 0 Å². The van der Waals surface area contributed by atoms with E-state index in [9.17, 15) is 4.79 Å². The van der Waals surface area contributed by atoms with Crippen LogP contribution in [-0.4, -0.2) is 67.3 Å². The lowest BCUT2D eigenvalue weighted by Crippen LogP contribution is -2.53. The van der Waals surface area contributed by atoms with E-state index in [-0.39, 0.29) is 11.5 Å². The van der Waals surface area contributed by atoms with Gasteiger partial charge < -0.3 is 23.5 Å². The van der Waals surface area contributed by atoms with E-state index in [2.05, 4.69) is 33.9 Å². The molecule has 9 nitrogen and oxygen atoms in total. The first-order valence-corrected chi connectivity index (χ1v) is 14.7. The molecule has 1 saturated heterocycles. The summed E-state index contributed by atoms with van der Waals surface area (Å²) in [5.74, 6) is 4.33. The molecule has 4 fully saturated rings. The normalized spacial score (nSPS) is 30.2. The molecule has 208 valence electrons. The zero-order valence-corrected chi connectivity index (χ0v) is 23.6. The van der Waals surface area contributed by atoms with Crippen molar-refractivity contribution in [2.45, 2.75) is 64.3 Å². The molecule has 9 heteroatoms. The first-order valence-electron chi connectivity index (χ1n) is 14.7. The predicted octanol–water partition coefficient (Wildman–Crippen LogP) is 4.77. The van der Waals surface area contributed by atoms with Crippen LogP contribution in [0.25, 0.3) is 33.7 Å². The Bertz CT molecular complexity index is 1670. The lowest BCUT2D eigenvalue weighted by Gasteiger charge is -2.52. The second-order valence-electron chi connectivity index (χ2n) is 12.7. The summed E-state index contributed by atoms with van der Waals surface area (Å²) in [5, 5.41) is 1.04. The van der Waals surface area contributed by atoms with Crippen molar-refractivity contribution in [2.75, 3.05) is 20.8 Å². The van der Waals surface area contributed by atoms with Crippen LogP contribution in [0, 0.1) is 23.7 Å². The van der Waals surface area contributed by atoms with Gasteiger partial charge in [0.15, 0.2) is 11.5 Å². The number of aryl methyl sites for hydroxylation is 1. The van der Waals surface area contributed by atoms with Crippen LogP contribution < -0.4 is 4.74 Å². The molecule has 0 spiro atoms. The fraction of sp³-hybridized carbons (Fsp3) is 0.548. The molecule has 1 amide bonds. The third kappa shape index (κ3) is 3.36. The minimum absolute atomic E-state index is 0.0668. The average molecular weight is 541 g/mol. The van der Waals surface area contributed by atoms with Crippen LogP contribution in [0.3, 0.4) is 0 Å². The number of hydrogen-bond donors (Lipinski definition) is 0. The molecule has 0 aromatic carbocycles. The molecule has 4 aromatic rings. The minimum Gasteiger partial charge on any atom is -0.481 e. The smallest absolute Gasteiger partial charge is 0.255 e. The maximum atomic E-state index is 13.6. The second-order valence-corrected chi connectivity index (χ2v) is 12.7. The molecule has 0 radical (unpaired) electrons. The molecule has 40 heavy (non-hydrogen) atoms. The quantitative estimate of drug-likeness (QED) is 0.336. The SMILES string of the molecule is CCn1c(-c2nc3cc(C(=O)N4C[C@H]5CC6C[C@@H]4[C@H]65)cnc3n2CC2CC(C)(OC)C2)cc2ccc(OC)nc21. The van der Waals surface area contributed by atoms with Crippen molar-refractivity contribution in [3.63, 3.8) is 0 Å². The van der Waals surface area contributed by atoms with Gasteiger partial charge in [0.1, 0.15) is 11.2 Å². The number of nitrogens with zero attached hydrogens (tertiary/aromatic N) is 6. The summed E-state index contributed by atoms with van der Waals surface area (Å²) in [7, 11) is 3.44. The number of methoxy groups -OCH3 is 2. The van der Waals surface area contributed by atoms with Crippen molar-refractivity contribution in [2.24, 2.45) is 23.7 Å². The van der Waals surface area contributed by atoms with Gasteiger partial charge in [-0.2, -0.15) is 4.98 Å². The van der Waals surface area contributed by atoms with Gasteiger partial charge in [-0.1, -0.05) is 0 Å². The highest BCUT2D eigenvalue weighted by Crippen LogP contribution is 2.60. The van der Waals surface area contributed by atoms with E-state index in [4.69, 9.17) is 24.4 Å². The number of carbonyl (C=O) groups excluding carboxylic acids is 1. The van der Waals surface area contributed by atoms with Gasteiger partial charge in [-0.05, 0) is 81.4 Å². The van der Waals surface area contributed by atoms with Crippen LogP contribution in [-0.2, 0) is 17.8 Å². The van der Waals surface area contributed by atoms with E-state index in [1.54, 1.807) is 20.4 Å². The average Bonchev–Trinajstić information content (AvgIpc) is 3.48. The van der Waals surface area contributed by atoms with E-state index in [1.807, 2.05) is 18.2 Å². The highest BCUT2D eigenvalue weighted by Gasteiger charge is 2.61. The zero-order chi connectivity index (χ0) is 27.3. The molecule has 1 aliphatic heterocycles. The number of likely N-dealkylation sites (tertiary alicyclic amines) is 1. The molecule has 4 atom stereocenters. The summed E-state index contributed by atoms with van der Waals surface area (Å²) in [6.07, 6.45) is 6.22. The van der Waals surface area contributed by atoms with Crippen LogP contribution in [0.1, 0.15) is 49.9 Å². The number of aromatic nitrogens is 5. The van der Waals surface area contributed by atoms with Gasteiger partial charge in [0.05, 0.1) is 24.0 Å². The molecule has 8 rings (SSSR count). The Kier molecular flexibility index (Phi) is 5.19. The summed E-state index contributed by atoms with van der Waals surface area (Å²) < 4.78 is 15.6. The van der Waals surface area contributed by atoms with E-state index in [0.29, 0.717) is 29.3 Å². The fourth-order valence-electron chi connectivity index (χ4n) is 8.30. The van der Waals surface area contributed by atoms with Gasteiger partial charge in [-0.25, -0.2) is 9.97 Å². The summed E-state index contributed by atoms with van der Waals surface area (Å²) in [6, 6.07) is 8.48. The lowest BCUT2D eigenvalue weighted by atomic mass is 9.53. The van der Waals surface area contributed by atoms with Gasteiger partial charge in [-0.15, -0.1) is 0 Å². The number of hydrogen-bond acceptors (Lipinski definition) is 6. The maximum absolute atomic E-state index is 13.6. The van der Waals surface area contributed by atoms with Crippen molar-refractivity contribution in [1.29, 1.82) is 0 Å². The van der Waals surface area contributed by atoms with Crippen molar-refractivity contribution in [3.8, 4) is 17.4 Å². The topological polar surface area (TPSA) is 87.3 Å². The van der Waals surface area contributed by atoms with E-state index < -0.39 is 0 Å². The highest BCUT2D eigenvalue weighted by molar-refractivity contribution is 5.97. The van der Waals surface area contributed by atoms with Crippen molar-refractivity contribution < 1.29 is 14.3 Å². The van der Waals surface area contributed by atoms with E-state index >= 15 is 0 Å². The number of carbonyl (C=O) groups is 1. The molecule has 0 bridgehead atoms. The largest absolute Gasteiger partial charge is 0.481 e. The van der Waals surface area contributed by atoms with Gasteiger partial charge in [-0.3, -0.25) is 4.79 Å². The lowest BCUT2D eigenvalue weighted by molar-refractivity contribution is -0.0937. The van der Waals surface area contributed by atoms with Gasteiger partial charge in [0.2, 0.25) is 5.88 Å². The van der Waals surface area contributed by atoms with Crippen molar-refractivity contribution in [3.05, 3.63) is 36.0 Å². The number of imidazole rings is 1. The Labute approximate surface area is 233 Å². The number of amides is 1. The van der Waals surface area contributed by atoms with Crippen molar-refractivity contribution >= 4 is 28.1 Å². The molecule has 1 unspecified atom stereocenters. The molecular formula is C31H36N6O3. The number of fused-ring (bicyclic) bond motifs is 2. The summed E-state index contributed by atoms with van der Waals surface area (Å²) in [4.78, 5) is 30.5. The van der Waals surface area contributed by atoms with Crippen LogP contribution in [0.15, 0.2) is 30.5 Å². The third-order valence-electron chi connectivity index (χ3n) is 10.5. The molecule has 5 heterocycles. The minimum atomic E-state index is -0.0668. The van der Waals surface area contributed by atoms with Crippen LogP contribution >= 0.6 is 0 Å². The highest BCUT2D eigenvalue weighted by atomic mass is 16.5. The monoisotopic (exact) mass is 540 g/mol. The maximum Gasteiger partial charge on any atom is 0.255 e. The number of ether oxygens (including phenoxy) is 2.